The zero-order chi connectivity index (χ0) is 25.4. The van der Waals surface area contributed by atoms with Crippen molar-refractivity contribution in [1.82, 2.24) is 4.98 Å². The predicted octanol–water partition coefficient (Wildman–Crippen LogP) is 6.10. The number of aromatic nitrogens is 1. The molecule has 0 spiro atoms. The first kappa shape index (κ1) is 23.2. The molecule has 3 aromatic carbocycles. The van der Waals surface area contributed by atoms with Crippen LogP contribution in [0.5, 0.6) is 0 Å². The molecule has 1 aliphatic carbocycles. The molecule has 6 rings (SSSR count). The highest BCUT2D eigenvalue weighted by molar-refractivity contribution is 6.07. The van der Waals surface area contributed by atoms with Crippen LogP contribution in [0.15, 0.2) is 78.9 Å². The van der Waals surface area contributed by atoms with E-state index in [1.165, 1.54) is 0 Å². The maximum Gasteiger partial charge on any atom is 0.339 e. The average Bonchev–Trinajstić information content (AvgIpc) is 3.35. The first-order valence-corrected chi connectivity index (χ1v) is 12.8. The first-order chi connectivity index (χ1) is 18.1. The van der Waals surface area contributed by atoms with Crippen molar-refractivity contribution < 1.29 is 14.3 Å². The molecule has 0 fully saturated rings. The Morgan fingerprint density at radius 1 is 0.973 bits per heavy atom. The third-order valence-corrected chi connectivity index (χ3v) is 7.28. The third-order valence-electron chi connectivity index (χ3n) is 7.28. The van der Waals surface area contributed by atoms with E-state index in [2.05, 4.69) is 25.1 Å². The summed E-state index contributed by atoms with van der Waals surface area (Å²) in [7, 11) is 0. The van der Waals surface area contributed by atoms with Gasteiger partial charge in [0.05, 0.1) is 16.8 Å². The lowest BCUT2D eigenvalue weighted by molar-refractivity contribution is -0.121. The van der Waals surface area contributed by atoms with Crippen LogP contribution in [0.3, 0.4) is 0 Å². The quantitative estimate of drug-likeness (QED) is 0.326. The van der Waals surface area contributed by atoms with E-state index in [-0.39, 0.29) is 12.5 Å². The van der Waals surface area contributed by atoms with Crippen molar-refractivity contribution in [3.63, 3.8) is 0 Å². The van der Waals surface area contributed by atoms with Gasteiger partial charge in [0.15, 0.2) is 6.61 Å². The van der Waals surface area contributed by atoms with Crippen molar-refractivity contribution in [2.24, 2.45) is 5.92 Å². The van der Waals surface area contributed by atoms with Crippen molar-refractivity contribution >= 4 is 40.1 Å². The minimum Gasteiger partial charge on any atom is -0.452 e. The zero-order valence-electron chi connectivity index (χ0n) is 20.8. The number of ether oxygens (including phenoxy) is 1. The van der Waals surface area contributed by atoms with Crippen LogP contribution in [-0.4, -0.2) is 30.0 Å². The SMILES string of the molecule is CC1CC(=Cc2ccccc2)c2nc3ccccc3c(C(=O)OCC(=O)N3CCc4ccccc43)c2C1. The van der Waals surface area contributed by atoms with Crippen LogP contribution in [0, 0.1) is 5.92 Å². The predicted molar refractivity (Wildman–Crippen MR) is 146 cm³/mol. The molecule has 5 heteroatoms. The average molecular weight is 489 g/mol. The van der Waals surface area contributed by atoms with E-state index >= 15 is 0 Å². The summed E-state index contributed by atoms with van der Waals surface area (Å²) in [5.41, 5.74) is 7.30. The molecule has 2 aliphatic rings. The van der Waals surface area contributed by atoms with Crippen LogP contribution in [-0.2, 0) is 22.4 Å². The lowest BCUT2D eigenvalue weighted by Crippen LogP contribution is -2.33. The first-order valence-electron chi connectivity index (χ1n) is 12.8. The van der Waals surface area contributed by atoms with Gasteiger partial charge in [-0.15, -0.1) is 0 Å². The monoisotopic (exact) mass is 488 g/mol. The van der Waals surface area contributed by atoms with Crippen molar-refractivity contribution in [1.29, 1.82) is 0 Å². The highest BCUT2D eigenvalue weighted by Crippen LogP contribution is 2.39. The Balaban J connectivity index is 1.35. The fourth-order valence-corrected chi connectivity index (χ4v) is 5.59. The Morgan fingerprint density at radius 3 is 2.59 bits per heavy atom. The molecule has 4 aromatic rings. The molecule has 0 saturated heterocycles. The van der Waals surface area contributed by atoms with E-state index in [4.69, 9.17) is 9.72 Å². The zero-order valence-corrected chi connectivity index (χ0v) is 20.8. The largest absolute Gasteiger partial charge is 0.452 e. The summed E-state index contributed by atoms with van der Waals surface area (Å²) in [4.78, 5) is 33.4. The second-order valence-electron chi connectivity index (χ2n) is 9.93. The van der Waals surface area contributed by atoms with Gasteiger partial charge in [-0.25, -0.2) is 9.78 Å². The van der Waals surface area contributed by atoms with Crippen LogP contribution < -0.4 is 4.90 Å². The minimum atomic E-state index is -0.469. The number of carbonyl (C=O) groups excluding carboxylic acids is 2. The number of hydrogen-bond donors (Lipinski definition) is 0. The molecule has 2 heterocycles. The Labute approximate surface area is 216 Å². The van der Waals surface area contributed by atoms with Crippen LogP contribution >= 0.6 is 0 Å². The molecule has 37 heavy (non-hydrogen) atoms. The standard InChI is InChI=1S/C32H28N2O3/c1-21-17-24(19-22-9-3-2-4-10-22)31-26(18-21)30(25-12-6-7-13-27(25)33-31)32(36)37-20-29(35)34-16-15-23-11-5-8-14-28(23)34/h2-14,19,21H,15-18,20H2,1H3. The van der Waals surface area contributed by atoms with Gasteiger partial charge in [-0.3, -0.25) is 4.79 Å². The molecule has 0 radical (unpaired) electrons. The van der Waals surface area contributed by atoms with Crippen LogP contribution in [0.4, 0.5) is 5.69 Å². The number of amides is 1. The number of allylic oxidation sites excluding steroid dienone is 1. The maximum atomic E-state index is 13.6. The smallest absolute Gasteiger partial charge is 0.339 e. The van der Waals surface area contributed by atoms with E-state index in [9.17, 15) is 9.59 Å². The molecule has 1 atom stereocenters. The summed E-state index contributed by atoms with van der Waals surface area (Å²) in [6.07, 6.45) is 4.60. The molecular weight excluding hydrogens is 460 g/mol. The van der Waals surface area contributed by atoms with E-state index in [0.29, 0.717) is 18.0 Å². The van der Waals surface area contributed by atoms with Crippen LogP contribution in [0.25, 0.3) is 22.6 Å². The number of carbonyl (C=O) groups is 2. The van der Waals surface area contributed by atoms with E-state index in [1.807, 2.05) is 66.7 Å². The molecule has 1 aliphatic heterocycles. The summed E-state index contributed by atoms with van der Waals surface area (Å²) < 4.78 is 5.70. The molecule has 1 aromatic heterocycles. The normalized spacial score (nSPS) is 17.5. The van der Waals surface area contributed by atoms with Gasteiger partial charge in [0, 0.05) is 17.6 Å². The number of anilines is 1. The second-order valence-corrected chi connectivity index (χ2v) is 9.93. The van der Waals surface area contributed by atoms with Gasteiger partial charge >= 0.3 is 5.97 Å². The topological polar surface area (TPSA) is 59.5 Å². The molecule has 0 saturated carbocycles. The van der Waals surface area contributed by atoms with Crippen LogP contribution in [0.1, 0.15) is 46.1 Å². The maximum absolute atomic E-state index is 13.6. The van der Waals surface area contributed by atoms with Crippen molar-refractivity contribution in [2.45, 2.75) is 26.2 Å². The van der Waals surface area contributed by atoms with Gasteiger partial charge in [-0.1, -0.05) is 73.7 Å². The molecule has 184 valence electrons. The number of esters is 1. The highest BCUT2D eigenvalue weighted by atomic mass is 16.5. The third kappa shape index (κ3) is 4.42. The Morgan fingerprint density at radius 2 is 1.73 bits per heavy atom. The lowest BCUT2D eigenvalue weighted by atomic mass is 9.80. The van der Waals surface area contributed by atoms with Crippen molar-refractivity contribution in [3.8, 4) is 0 Å². The number of para-hydroxylation sites is 2. The van der Waals surface area contributed by atoms with Gasteiger partial charge in [0.1, 0.15) is 0 Å². The van der Waals surface area contributed by atoms with Crippen LogP contribution in [0.2, 0.25) is 0 Å². The van der Waals surface area contributed by atoms with E-state index < -0.39 is 5.97 Å². The Hall–Kier alpha value is -4.25. The number of pyridine rings is 1. The van der Waals surface area contributed by atoms with E-state index in [1.54, 1.807) is 4.90 Å². The molecule has 1 unspecified atom stereocenters. The van der Waals surface area contributed by atoms with Gasteiger partial charge in [-0.2, -0.15) is 0 Å². The van der Waals surface area contributed by atoms with E-state index in [0.717, 1.165) is 63.8 Å². The van der Waals surface area contributed by atoms with Gasteiger partial charge in [-0.05, 0) is 65.7 Å². The summed E-state index contributed by atoms with van der Waals surface area (Å²) in [5.74, 6) is -0.327. The number of nitrogens with zero attached hydrogens (tertiary/aromatic N) is 2. The minimum absolute atomic E-state index is 0.205. The number of benzene rings is 3. The van der Waals surface area contributed by atoms with Crippen molar-refractivity contribution in [2.75, 3.05) is 18.1 Å². The fraction of sp³-hybridized carbons (Fsp3) is 0.219. The number of rotatable bonds is 4. The number of fused-ring (bicyclic) bond motifs is 3. The van der Waals surface area contributed by atoms with Gasteiger partial charge < -0.3 is 9.64 Å². The fourth-order valence-electron chi connectivity index (χ4n) is 5.59. The summed E-state index contributed by atoms with van der Waals surface area (Å²) >= 11 is 0. The Kier molecular flexibility index (Phi) is 6.05. The molecular formula is C32H28N2O3. The summed E-state index contributed by atoms with van der Waals surface area (Å²) in [6.45, 7) is 2.51. The van der Waals surface area contributed by atoms with Crippen molar-refractivity contribution in [3.05, 3.63) is 107 Å². The second kappa shape index (κ2) is 9.66. The van der Waals surface area contributed by atoms with Gasteiger partial charge in [0.2, 0.25) is 0 Å². The lowest BCUT2D eigenvalue weighted by Gasteiger charge is -2.26. The number of hydrogen-bond acceptors (Lipinski definition) is 4. The molecule has 5 nitrogen and oxygen atoms in total. The Bertz CT molecular complexity index is 1540. The summed E-state index contributed by atoms with van der Waals surface area (Å²) in [6, 6.07) is 25.7. The molecule has 1 amide bonds. The van der Waals surface area contributed by atoms with Gasteiger partial charge in [0.25, 0.3) is 5.91 Å². The molecule has 0 bridgehead atoms. The highest BCUT2D eigenvalue weighted by Gasteiger charge is 2.30. The summed E-state index contributed by atoms with van der Waals surface area (Å²) in [5, 5.41) is 0.762. The molecule has 0 N–H and O–H groups in total.